The maximum Gasteiger partial charge on any atom is 0.253 e. The number of hydrogen-bond donors (Lipinski definition) is 3. The van der Waals surface area contributed by atoms with Crippen LogP contribution in [0.2, 0.25) is 5.02 Å². The van der Waals surface area contributed by atoms with E-state index in [1.165, 1.54) is 18.2 Å². The fourth-order valence-corrected chi connectivity index (χ4v) is 2.13. The van der Waals surface area contributed by atoms with Crippen molar-refractivity contribution < 1.29 is 9.90 Å². The Bertz CT molecular complexity index is 704. The van der Waals surface area contributed by atoms with Gasteiger partial charge in [0.1, 0.15) is 10.7 Å². The molecule has 0 spiro atoms. The van der Waals surface area contributed by atoms with E-state index in [0.717, 1.165) is 11.1 Å². The van der Waals surface area contributed by atoms with Crippen molar-refractivity contribution in [1.82, 2.24) is 5.32 Å². The van der Waals surface area contributed by atoms with Gasteiger partial charge in [0, 0.05) is 12.1 Å². The van der Waals surface area contributed by atoms with Gasteiger partial charge in [0.15, 0.2) is 0 Å². The van der Waals surface area contributed by atoms with Crippen LogP contribution in [0.25, 0.3) is 0 Å². The topological polar surface area (TPSA) is 75.3 Å². The van der Waals surface area contributed by atoms with Crippen molar-refractivity contribution in [2.75, 3.05) is 0 Å². The number of benzene rings is 2. The number of nitrogens with one attached hydrogen (secondary N) is 1. The normalized spacial score (nSPS) is 10.1. The smallest absolute Gasteiger partial charge is 0.253 e. The molecule has 0 heterocycles. The Morgan fingerprint density at radius 3 is 2.76 bits per heavy atom. The molecule has 21 heavy (non-hydrogen) atoms. The second kappa shape index (κ2) is 6.56. The Morgan fingerprint density at radius 2 is 2.05 bits per heavy atom. The van der Waals surface area contributed by atoms with Gasteiger partial charge in [-0.25, -0.2) is 0 Å². The summed E-state index contributed by atoms with van der Waals surface area (Å²) < 4.78 is 0. The number of amides is 1. The number of hydrogen-bond acceptors (Lipinski definition) is 3. The monoisotopic (exact) mass is 320 g/mol. The average molecular weight is 321 g/mol. The summed E-state index contributed by atoms with van der Waals surface area (Å²) in [4.78, 5) is 12.4. The Labute approximate surface area is 132 Å². The van der Waals surface area contributed by atoms with Gasteiger partial charge in [0.2, 0.25) is 0 Å². The number of phenols is 1. The number of thiocarbonyl (C=S) groups is 1. The lowest BCUT2D eigenvalue weighted by molar-refractivity contribution is 0.0950. The first-order valence-corrected chi connectivity index (χ1v) is 6.91. The molecule has 0 aromatic heterocycles. The van der Waals surface area contributed by atoms with Crippen LogP contribution in [-0.2, 0) is 6.54 Å². The second-order valence-electron chi connectivity index (χ2n) is 4.41. The van der Waals surface area contributed by atoms with Crippen LogP contribution < -0.4 is 11.1 Å². The molecule has 4 nitrogen and oxygen atoms in total. The van der Waals surface area contributed by atoms with Gasteiger partial charge >= 0.3 is 0 Å². The van der Waals surface area contributed by atoms with Crippen LogP contribution >= 0.6 is 23.8 Å². The van der Waals surface area contributed by atoms with Crippen LogP contribution in [0.3, 0.4) is 0 Å². The third kappa shape index (κ3) is 3.93. The van der Waals surface area contributed by atoms with Crippen LogP contribution in [0.5, 0.6) is 5.75 Å². The van der Waals surface area contributed by atoms with E-state index in [9.17, 15) is 9.90 Å². The summed E-state index contributed by atoms with van der Waals surface area (Å²) >= 11 is 10.8. The van der Waals surface area contributed by atoms with E-state index in [1.54, 1.807) is 6.07 Å². The van der Waals surface area contributed by atoms with Crippen molar-refractivity contribution >= 4 is 34.7 Å². The summed E-state index contributed by atoms with van der Waals surface area (Å²) in [6.45, 7) is 0.307. The first-order chi connectivity index (χ1) is 9.97. The fraction of sp³-hybridized carbons (Fsp3) is 0.0667. The van der Waals surface area contributed by atoms with Crippen LogP contribution in [0.4, 0.5) is 0 Å². The van der Waals surface area contributed by atoms with Gasteiger partial charge in [0.25, 0.3) is 5.91 Å². The van der Waals surface area contributed by atoms with Crippen molar-refractivity contribution in [3.63, 3.8) is 0 Å². The third-order valence-corrected chi connectivity index (χ3v) is 3.42. The summed E-state index contributed by atoms with van der Waals surface area (Å²) in [6.07, 6.45) is 0. The van der Waals surface area contributed by atoms with Gasteiger partial charge in [0.05, 0.1) is 10.6 Å². The molecule has 0 radical (unpaired) electrons. The zero-order chi connectivity index (χ0) is 15.4. The largest absolute Gasteiger partial charge is 0.508 e. The standard InChI is InChI=1S/C15H13ClN2O2S/c16-13-5-4-11(19)7-12(13)15(20)18-8-9-2-1-3-10(6-9)14(17)21/h1-7,19H,8H2,(H2,17,21)(H,18,20). The Hall–Kier alpha value is -2.11. The highest BCUT2D eigenvalue weighted by atomic mass is 35.5. The molecule has 2 rings (SSSR count). The number of halogens is 1. The molecule has 0 unspecified atom stereocenters. The highest BCUT2D eigenvalue weighted by molar-refractivity contribution is 7.80. The van der Waals surface area contributed by atoms with Crippen LogP contribution in [0.1, 0.15) is 21.5 Å². The molecule has 0 bridgehead atoms. The average Bonchev–Trinajstić information content (AvgIpc) is 2.47. The van der Waals surface area contributed by atoms with Crippen molar-refractivity contribution in [2.45, 2.75) is 6.54 Å². The SMILES string of the molecule is NC(=S)c1cccc(CNC(=O)c2cc(O)ccc2Cl)c1. The van der Waals surface area contributed by atoms with E-state index < -0.39 is 0 Å². The van der Waals surface area contributed by atoms with Crippen molar-refractivity contribution in [3.05, 3.63) is 64.2 Å². The van der Waals surface area contributed by atoms with Crippen LogP contribution in [0, 0.1) is 0 Å². The van der Waals surface area contributed by atoms with Gasteiger partial charge in [-0.2, -0.15) is 0 Å². The van der Waals surface area contributed by atoms with Gasteiger partial charge in [-0.15, -0.1) is 0 Å². The molecule has 0 saturated carbocycles. The minimum Gasteiger partial charge on any atom is -0.508 e. The summed E-state index contributed by atoms with van der Waals surface area (Å²) in [5.74, 6) is -0.378. The minimum absolute atomic E-state index is 0.0139. The summed E-state index contributed by atoms with van der Waals surface area (Å²) in [7, 11) is 0. The van der Waals surface area contributed by atoms with Gasteiger partial charge in [-0.3, -0.25) is 4.79 Å². The predicted octanol–water partition coefficient (Wildman–Crippen LogP) is 2.61. The highest BCUT2D eigenvalue weighted by Crippen LogP contribution is 2.21. The maximum atomic E-state index is 12.1. The lowest BCUT2D eigenvalue weighted by atomic mass is 10.1. The quantitative estimate of drug-likeness (QED) is 0.757. The molecule has 0 atom stereocenters. The zero-order valence-corrected chi connectivity index (χ0v) is 12.5. The Morgan fingerprint density at radius 1 is 1.29 bits per heavy atom. The molecule has 6 heteroatoms. The Balaban J connectivity index is 2.09. The number of carbonyl (C=O) groups excluding carboxylic acids is 1. The number of carbonyl (C=O) groups is 1. The molecule has 4 N–H and O–H groups in total. The molecule has 0 aliphatic rings. The number of nitrogens with two attached hydrogens (primary N) is 1. The van der Waals surface area contributed by atoms with E-state index in [4.69, 9.17) is 29.6 Å². The zero-order valence-electron chi connectivity index (χ0n) is 11.0. The van der Waals surface area contributed by atoms with E-state index in [0.29, 0.717) is 11.5 Å². The molecule has 108 valence electrons. The molecular weight excluding hydrogens is 308 g/mol. The van der Waals surface area contributed by atoms with Gasteiger partial charge < -0.3 is 16.2 Å². The van der Waals surface area contributed by atoms with Crippen LogP contribution in [0.15, 0.2) is 42.5 Å². The Kier molecular flexibility index (Phi) is 4.77. The molecular formula is C15H13ClN2O2S. The first kappa shape index (κ1) is 15.3. The summed E-state index contributed by atoms with van der Waals surface area (Å²) in [6, 6.07) is 11.5. The number of rotatable bonds is 4. The van der Waals surface area contributed by atoms with Crippen molar-refractivity contribution in [1.29, 1.82) is 0 Å². The van der Waals surface area contributed by atoms with E-state index in [1.807, 2.05) is 18.2 Å². The molecule has 0 fully saturated rings. The predicted molar refractivity (Wildman–Crippen MR) is 86.6 cm³/mol. The lowest BCUT2D eigenvalue weighted by Crippen LogP contribution is -2.23. The molecule has 1 amide bonds. The maximum absolute atomic E-state index is 12.1. The van der Waals surface area contributed by atoms with Crippen molar-refractivity contribution in [3.8, 4) is 5.75 Å². The van der Waals surface area contributed by atoms with E-state index in [-0.39, 0.29) is 22.2 Å². The third-order valence-electron chi connectivity index (χ3n) is 2.86. The second-order valence-corrected chi connectivity index (χ2v) is 5.26. The first-order valence-electron chi connectivity index (χ1n) is 6.13. The fourth-order valence-electron chi connectivity index (χ4n) is 1.80. The molecule has 2 aromatic carbocycles. The van der Waals surface area contributed by atoms with E-state index in [2.05, 4.69) is 5.32 Å². The minimum atomic E-state index is -0.364. The van der Waals surface area contributed by atoms with Gasteiger partial charge in [-0.1, -0.05) is 42.0 Å². The van der Waals surface area contributed by atoms with Crippen molar-refractivity contribution in [2.24, 2.45) is 5.73 Å². The molecule has 0 saturated heterocycles. The molecule has 0 aliphatic carbocycles. The highest BCUT2D eigenvalue weighted by Gasteiger charge is 2.11. The van der Waals surface area contributed by atoms with Crippen LogP contribution in [-0.4, -0.2) is 16.0 Å². The molecule has 2 aromatic rings. The number of phenolic OH excluding ortho intramolecular Hbond substituents is 1. The van der Waals surface area contributed by atoms with Gasteiger partial charge in [-0.05, 0) is 29.8 Å². The lowest BCUT2D eigenvalue weighted by Gasteiger charge is -2.08. The summed E-state index contributed by atoms with van der Waals surface area (Å²) in [5, 5.41) is 12.4. The number of aromatic hydroxyl groups is 1. The van der Waals surface area contributed by atoms with E-state index >= 15 is 0 Å². The summed E-state index contributed by atoms with van der Waals surface area (Å²) in [5.41, 5.74) is 7.40. The molecule has 0 aliphatic heterocycles.